The van der Waals surface area contributed by atoms with Crippen LogP contribution in [0.4, 0.5) is 0 Å². The van der Waals surface area contributed by atoms with E-state index in [4.69, 9.17) is 11.6 Å². The average molecular weight is 292 g/mol. The predicted octanol–water partition coefficient (Wildman–Crippen LogP) is 4.20. The summed E-state index contributed by atoms with van der Waals surface area (Å²) in [6.07, 6.45) is 4.22. The van der Waals surface area contributed by atoms with Gasteiger partial charge in [-0.15, -0.1) is 0 Å². The molecule has 1 heterocycles. The summed E-state index contributed by atoms with van der Waals surface area (Å²) in [5.41, 5.74) is 2.10. The monoisotopic (exact) mass is 291 g/mol. The summed E-state index contributed by atoms with van der Waals surface area (Å²) in [5.74, 6) is 0.335. The minimum absolute atomic E-state index is 0.104. The standard InChI is InChI=1S/C17H22ClNO/c1-3-13(2)11-19-9-5-7-15(12-19)17(20)14-6-4-8-16(18)10-14/h3-4,6,8,10,15H,5,7,9,11-12H2,1-2H3. The number of rotatable bonds is 4. The Balaban J connectivity index is 2.03. The van der Waals surface area contributed by atoms with E-state index >= 15 is 0 Å². The molecule has 0 saturated carbocycles. The fourth-order valence-electron chi connectivity index (χ4n) is 2.73. The Morgan fingerprint density at radius 3 is 3.00 bits per heavy atom. The third kappa shape index (κ3) is 3.94. The molecule has 1 fully saturated rings. The van der Waals surface area contributed by atoms with Gasteiger partial charge in [-0.2, -0.15) is 0 Å². The van der Waals surface area contributed by atoms with Crippen molar-refractivity contribution < 1.29 is 4.79 Å². The van der Waals surface area contributed by atoms with Crippen LogP contribution in [-0.4, -0.2) is 30.3 Å². The van der Waals surface area contributed by atoms with Gasteiger partial charge in [0, 0.05) is 29.6 Å². The second kappa shape index (κ2) is 7.05. The molecular weight excluding hydrogens is 270 g/mol. The zero-order chi connectivity index (χ0) is 14.5. The van der Waals surface area contributed by atoms with E-state index < -0.39 is 0 Å². The number of allylic oxidation sites excluding steroid dienone is 1. The molecule has 0 aliphatic carbocycles. The van der Waals surface area contributed by atoms with Crippen LogP contribution in [0.1, 0.15) is 37.0 Å². The Morgan fingerprint density at radius 1 is 1.50 bits per heavy atom. The minimum Gasteiger partial charge on any atom is -0.299 e. The van der Waals surface area contributed by atoms with Crippen LogP contribution in [0, 0.1) is 5.92 Å². The van der Waals surface area contributed by atoms with E-state index in [1.807, 2.05) is 12.1 Å². The summed E-state index contributed by atoms with van der Waals surface area (Å²) in [5, 5.41) is 0.633. The first-order valence-electron chi connectivity index (χ1n) is 7.24. The van der Waals surface area contributed by atoms with E-state index in [1.54, 1.807) is 12.1 Å². The molecule has 1 atom stereocenters. The summed E-state index contributed by atoms with van der Waals surface area (Å²) in [6, 6.07) is 7.30. The van der Waals surface area contributed by atoms with Crippen LogP contribution in [-0.2, 0) is 0 Å². The molecule has 1 unspecified atom stereocenters. The summed E-state index contributed by atoms with van der Waals surface area (Å²) in [6.45, 7) is 7.12. The molecule has 0 N–H and O–H groups in total. The van der Waals surface area contributed by atoms with Crippen LogP contribution in [0.25, 0.3) is 0 Å². The number of piperidine rings is 1. The molecule has 3 heteroatoms. The zero-order valence-electron chi connectivity index (χ0n) is 12.2. The fraction of sp³-hybridized carbons (Fsp3) is 0.471. The number of Topliss-reactive ketones (excluding diaryl/α,β-unsaturated/α-hetero) is 1. The molecular formula is C17H22ClNO. The van der Waals surface area contributed by atoms with Crippen molar-refractivity contribution in [1.82, 2.24) is 4.90 Å². The first kappa shape index (κ1) is 15.3. The molecule has 0 spiro atoms. The van der Waals surface area contributed by atoms with Crippen LogP contribution in [0.3, 0.4) is 0 Å². The first-order chi connectivity index (χ1) is 9.60. The van der Waals surface area contributed by atoms with Crippen LogP contribution < -0.4 is 0 Å². The van der Waals surface area contributed by atoms with Crippen molar-refractivity contribution in [3.63, 3.8) is 0 Å². The van der Waals surface area contributed by atoms with Gasteiger partial charge in [0.2, 0.25) is 0 Å². The molecule has 0 aromatic heterocycles. The number of likely N-dealkylation sites (tertiary alicyclic amines) is 1. The lowest BCUT2D eigenvalue weighted by Crippen LogP contribution is -2.39. The number of benzene rings is 1. The lowest BCUT2D eigenvalue weighted by molar-refractivity contribution is 0.0829. The summed E-state index contributed by atoms with van der Waals surface area (Å²) < 4.78 is 0. The normalized spacial score (nSPS) is 20.9. The van der Waals surface area contributed by atoms with E-state index in [9.17, 15) is 4.79 Å². The smallest absolute Gasteiger partial charge is 0.167 e. The van der Waals surface area contributed by atoms with Gasteiger partial charge in [0.05, 0.1) is 0 Å². The Kier molecular flexibility index (Phi) is 5.38. The third-order valence-corrected chi connectivity index (χ3v) is 4.19. The molecule has 1 aliphatic rings. The molecule has 108 valence electrons. The Labute approximate surface area is 126 Å². The van der Waals surface area contributed by atoms with Crippen molar-refractivity contribution in [3.8, 4) is 0 Å². The van der Waals surface area contributed by atoms with E-state index in [0.29, 0.717) is 5.02 Å². The highest BCUT2D eigenvalue weighted by molar-refractivity contribution is 6.31. The number of halogens is 1. The molecule has 1 saturated heterocycles. The lowest BCUT2D eigenvalue weighted by Gasteiger charge is -2.32. The highest BCUT2D eigenvalue weighted by Gasteiger charge is 2.26. The molecule has 1 aromatic carbocycles. The predicted molar refractivity (Wildman–Crippen MR) is 84.4 cm³/mol. The van der Waals surface area contributed by atoms with Gasteiger partial charge in [-0.25, -0.2) is 0 Å². The van der Waals surface area contributed by atoms with E-state index in [0.717, 1.165) is 38.0 Å². The van der Waals surface area contributed by atoms with Gasteiger partial charge in [-0.05, 0) is 45.4 Å². The summed E-state index contributed by atoms with van der Waals surface area (Å²) >= 11 is 5.97. The van der Waals surface area contributed by atoms with Crippen molar-refractivity contribution in [2.45, 2.75) is 26.7 Å². The van der Waals surface area contributed by atoms with Crippen molar-refractivity contribution in [3.05, 3.63) is 46.5 Å². The minimum atomic E-state index is 0.104. The maximum Gasteiger partial charge on any atom is 0.167 e. The maximum atomic E-state index is 12.6. The average Bonchev–Trinajstić information content (AvgIpc) is 2.46. The molecule has 0 amide bonds. The molecule has 0 radical (unpaired) electrons. The first-order valence-corrected chi connectivity index (χ1v) is 7.62. The largest absolute Gasteiger partial charge is 0.299 e. The molecule has 20 heavy (non-hydrogen) atoms. The second-order valence-electron chi connectivity index (χ2n) is 5.58. The van der Waals surface area contributed by atoms with Crippen LogP contribution >= 0.6 is 11.6 Å². The van der Waals surface area contributed by atoms with Crippen LogP contribution in [0.5, 0.6) is 0 Å². The van der Waals surface area contributed by atoms with Gasteiger partial charge in [-0.1, -0.05) is 35.4 Å². The number of carbonyl (C=O) groups is 1. The van der Waals surface area contributed by atoms with Crippen molar-refractivity contribution in [2.75, 3.05) is 19.6 Å². The number of hydrogen-bond donors (Lipinski definition) is 0. The number of ketones is 1. The summed E-state index contributed by atoms with van der Waals surface area (Å²) in [4.78, 5) is 14.9. The van der Waals surface area contributed by atoms with Crippen LogP contribution in [0.2, 0.25) is 5.02 Å². The number of nitrogens with zero attached hydrogens (tertiary/aromatic N) is 1. The highest BCUT2D eigenvalue weighted by atomic mass is 35.5. The number of hydrogen-bond acceptors (Lipinski definition) is 2. The Bertz CT molecular complexity index is 509. The van der Waals surface area contributed by atoms with Gasteiger partial charge >= 0.3 is 0 Å². The Hall–Kier alpha value is -1.12. The van der Waals surface area contributed by atoms with Gasteiger partial charge in [0.15, 0.2) is 5.78 Å². The molecule has 1 aliphatic heterocycles. The zero-order valence-corrected chi connectivity index (χ0v) is 13.0. The quantitative estimate of drug-likeness (QED) is 0.612. The van der Waals surface area contributed by atoms with E-state index in [1.165, 1.54) is 5.57 Å². The van der Waals surface area contributed by atoms with E-state index in [2.05, 4.69) is 24.8 Å². The van der Waals surface area contributed by atoms with E-state index in [-0.39, 0.29) is 11.7 Å². The highest BCUT2D eigenvalue weighted by Crippen LogP contribution is 2.23. The molecule has 2 rings (SSSR count). The van der Waals surface area contributed by atoms with Gasteiger partial charge in [-0.3, -0.25) is 9.69 Å². The lowest BCUT2D eigenvalue weighted by atomic mass is 9.90. The number of carbonyl (C=O) groups excluding carboxylic acids is 1. The fourth-order valence-corrected chi connectivity index (χ4v) is 2.92. The third-order valence-electron chi connectivity index (χ3n) is 3.95. The molecule has 2 nitrogen and oxygen atoms in total. The van der Waals surface area contributed by atoms with Gasteiger partial charge in [0.1, 0.15) is 0 Å². The van der Waals surface area contributed by atoms with Crippen molar-refractivity contribution in [2.24, 2.45) is 5.92 Å². The summed E-state index contributed by atoms with van der Waals surface area (Å²) in [7, 11) is 0. The Morgan fingerprint density at radius 2 is 2.30 bits per heavy atom. The van der Waals surface area contributed by atoms with Gasteiger partial charge < -0.3 is 0 Å². The van der Waals surface area contributed by atoms with Crippen LogP contribution in [0.15, 0.2) is 35.9 Å². The molecule has 0 bridgehead atoms. The second-order valence-corrected chi connectivity index (χ2v) is 6.02. The molecule has 1 aromatic rings. The van der Waals surface area contributed by atoms with Crippen molar-refractivity contribution in [1.29, 1.82) is 0 Å². The van der Waals surface area contributed by atoms with Crippen molar-refractivity contribution >= 4 is 17.4 Å². The topological polar surface area (TPSA) is 20.3 Å². The van der Waals surface area contributed by atoms with Gasteiger partial charge in [0.25, 0.3) is 0 Å². The SMILES string of the molecule is CC=C(C)CN1CCCC(C(=O)c2cccc(Cl)c2)C1. The maximum absolute atomic E-state index is 12.6.